The van der Waals surface area contributed by atoms with Gasteiger partial charge in [-0.15, -0.1) is 0 Å². The maximum Gasteiger partial charge on any atom is 0.417 e. The van der Waals surface area contributed by atoms with Gasteiger partial charge in [0.05, 0.1) is 28.6 Å². The molecule has 1 aromatic heterocycles. The number of nitrogens with one attached hydrogen (secondary N) is 1. The maximum absolute atomic E-state index is 12.9. The molecule has 0 aliphatic rings. The van der Waals surface area contributed by atoms with Gasteiger partial charge in [-0.2, -0.15) is 13.2 Å². The second kappa shape index (κ2) is 8.80. The Morgan fingerprint density at radius 3 is 2.52 bits per heavy atom. The highest BCUT2D eigenvalue weighted by Gasteiger charge is 2.32. The first-order valence-electron chi connectivity index (χ1n) is 8.00. The Bertz CT molecular complexity index is 829. The summed E-state index contributed by atoms with van der Waals surface area (Å²) in [4.78, 5) is 16.2. The predicted molar refractivity (Wildman–Crippen MR) is 97.1 cm³/mol. The molecule has 1 heterocycles. The molecular formula is C18H17Cl2F3N2O2. The average molecular weight is 421 g/mol. The number of methoxy groups -OCH3 is 1. The van der Waals surface area contributed by atoms with E-state index in [0.717, 1.165) is 6.07 Å². The van der Waals surface area contributed by atoms with E-state index in [4.69, 9.17) is 27.9 Å². The second-order valence-corrected chi connectivity index (χ2v) is 6.56. The number of amides is 1. The number of nitrogens with zero attached hydrogens (tertiary/aromatic N) is 1. The smallest absolute Gasteiger partial charge is 0.417 e. The van der Waals surface area contributed by atoms with Gasteiger partial charge in [0.25, 0.3) is 0 Å². The highest BCUT2D eigenvalue weighted by molar-refractivity contribution is 6.42. The van der Waals surface area contributed by atoms with Crippen molar-refractivity contribution in [2.75, 3.05) is 7.11 Å². The second-order valence-electron chi connectivity index (χ2n) is 5.74. The van der Waals surface area contributed by atoms with Gasteiger partial charge in [-0.05, 0) is 30.2 Å². The molecule has 1 unspecified atom stereocenters. The third-order valence-electron chi connectivity index (χ3n) is 3.97. The lowest BCUT2D eigenvalue weighted by Crippen LogP contribution is -2.29. The van der Waals surface area contributed by atoms with E-state index >= 15 is 0 Å². The van der Waals surface area contributed by atoms with Crippen LogP contribution in [0.15, 0.2) is 30.5 Å². The molecule has 1 amide bonds. The minimum Gasteiger partial charge on any atom is -0.481 e. The number of rotatable bonds is 6. The zero-order chi connectivity index (χ0) is 20.2. The lowest BCUT2D eigenvalue weighted by molar-refractivity contribution is -0.137. The monoisotopic (exact) mass is 420 g/mol. The topological polar surface area (TPSA) is 51.2 Å². The molecule has 146 valence electrons. The Morgan fingerprint density at radius 2 is 1.96 bits per heavy atom. The Morgan fingerprint density at radius 1 is 1.26 bits per heavy atom. The number of alkyl halides is 3. The zero-order valence-corrected chi connectivity index (χ0v) is 16.0. The van der Waals surface area contributed by atoms with Gasteiger partial charge in [0.15, 0.2) is 0 Å². The lowest BCUT2D eigenvalue weighted by atomic mass is 9.95. The van der Waals surface area contributed by atoms with Gasteiger partial charge in [0.1, 0.15) is 0 Å². The van der Waals surface area contributed by atoms with Crippen LogP contribution >= 0.6 is 23.2 Å². The van der Waals surface area contributed by atoms with Gasteiger partial charge >= 0.3 is 6.18 Å². The molecule has 4 nitrogen and oxygen atoms in total. The molecule has 9 heteroatoms. The number of hydrogen-bond acceptors (Lipinski definition) is 3. The Labute approximate surface area is 164 Å². The van der Waals surface area contributed by atoms with Gasteiger partial charge < -0.3 is 10.1 Å². The van der Waals surface area contributed by atoms with Crippen LogP contribution in [0.2, 0.25) is 10.0 Å². The summed E-state index contributed by atoms with van der Waals surface area (Å²) in [5, 5.41) is 3.33. The highest BCUT2D eigenvalue weighted by atomic mass is 35.5. The lowest BCUT2D eigenvalue weighted by Gasteiger charge is -2.17. The molecule has 1 aromatic carbocycles. The van der Waals surface area contributed by atoms with Crippen LogP contribution in [0.25, 0.3) is 0 Å². The molecule has 1 atom stereocenters. The molecule has 27 heavy (non-hydrogen) atoms. The number of benzene rings is 1. The molecule has 0 saturated carbocycles. The van der Waals surface area contributed by atoms with Crippen molar-refractivity contribution in [1.29, 1.82) is 0 Å². The summed E-state index contributed by atoms with van der Waals surface area (Å²) < 4.78 is 43.6. The highest BCUT2D eigenvalue weighted by Crippen LogP contribution is 2.31. The Hall–Kier alpha value is -1.99. The third-order valence-corrected chi connectivity index (χ3v) is 4.71. The number of carbonyl (C=O) groups is 1. The van der Waals surface area contributed by atoms with E-state index in [2.05, 4.69) is 10.3 Å². The molecule has 0 saturated heterocycles. The summed E-state index contributed by atoms with van der Waals surface area (Å²) in [6, 6.07) is 5.79. The maximum atomic E-state index is 12.9. The van der Waals surface area contributed by atoms with Gasteiger partial charge in [0, 0.05) is 18.3 Å². The van der Waals surface area contributed by atoms with Gasteiger partial charge in [0.2, 0.25) is 11.8 Å². The van der Waals surface area contributed by atoms with Crippen molar-refractivity contribution >= 4 is 29.1 Å². The van der Waals surface area contributed by atoms with Crippen molar-refractivity contribution in [2.24, 2.45) is 0 Å². The summed E-state index contributed by atoms with van der Waals surface area (Å²) in [6.07, 6.45) is -3.37. The summed E-state index contributed by atoms with van der Waals surface area (Å²) >= 11 is 11.9. The molecular weight excluding hydrogens is 404 g/mol. The average Bonchev–Trinajstić information content (AvgIpc) is 2.62. The molecule has 0 aliphatic carbocycles. The fourth-order valence-corrected chi connectivity index (χ4v) is 2.88. The number of aromatic nitrogens is 1. The minimum atomic E-state index is -4.54. The molecule has 0 fully saturated rings. The summed E-state index contributed by atoms with van der Waals surface area (Å²) in [5.41, 5.74) is -0.118. The van der Waals surface area contributed by atoms with E-state index in [1.807, 2.05) is 6.92 Å². The number of ether oxygens (including phenoxy) is 1. The molecule has 0 aliphatic heterocycles. The summed E-state index contributed by atoms with van der Waals surface area (Å²) in [6.45, 7) is 1.66. The van der Waals surface area contributed by atoms with Crippen LogP contribution in [0.3, 0.4) is 0 Å². The molecule has 2 rings (SSSR count). The minimum absolute atomic E-state index is 0.0193. The quantitative estimate of drug-likeness (QED) is 0.696. The van der Waals surface area contributed by atoms with E-state index in [1.165, 1.54) is 7.11 Å². The van der Waals surface area contributed by atoms with Crippen LogP contribution in [-0.4, -0.2) is 18.0 Å². The van der Waals surface area contributed by atoms with Crippen molar-refractivity contribution in [2.45, 2.75) is 32.0 Å². The van der Waals surface area contributed by atoms with Crippen LogP contribution in [0.4, 0.5) is 13.2 Å². The molecule has 0 bridgehead atoms. The van der Waals surface area contributed by atoms with Gasteiger partial charge in [-0.25, -0.2) is 4.98 Å². The fraction of sp³-hybridized carbons (Fsp3) is 0.333. The van der Waals surface area contributed by atoms with E-state index in [-0.39, 0.29) is 23.9 Å². The SMILES string of the molecule is CCC(C(=O)NCc1cc(C(F)(F)F)cnc1OC)c1ccc(Cl)c(Cl)c1. The number of hydrogen-bond donors (Lipinski definition) is 1. The summed E-state index contributed by atoms with van der Waals surface area (Å²) in [5.74, 6) is -0.856. The largest absolute Gasteiger partial charge is 0.481 e. The first-order chi connectivity index (χ1) is 12.7. The molecule has 0 spiro atoms. The third kappa shape index (κ3) is 5.26. The molecule has 0 radical (unpaired) electrons. The van der Waals surface area contributed by atoms with Crippen LogP contribution < -0.4 is 10.1 Å². The number of pyridine rings is 1. The van der Waals surface area contributed by atoms with E-state index in [1.54, 1.807) is 18.2 Å². The van der Waals surface area contributed by atoms with Crippen molar-refractivity contribution in [3.05, 3.63) is 57.2 Å². The Balaban J connectivity index is 2.19. The van der Waals surface area contributed by atoms with Crippen molar-refractivity contribution in [3.63, 3.8) is 0 Å². The van der Waals surface area contributed by atoms with Crippen LogP contribution in [0, 0.1) is 0 Å². The van der Waals surface area contributed by atoms with E-state index in [9.17, 15) is 18.0 Å². The van der Waals surface area contributed by atoms with Gasteiger partial charge in [-0.1, -0.05) is 36.2 Å². The van der Waals surface area contributed by atoms with Crippen molar-refractivity contribution in [3.8, 4) is 5.88 Å². The van der Waals surface area contributed by atoms with Crippen molar-refractivity contribution in [1.82, 2.24) is 10.3 Å². The summed E-state index contributed by atoms with van der Waals surface area (Å²) in [7, 11) is 1.30. The zero-order valence-electron chi connectivity index (χ0n) is 14.5. The van der Waals surface area contributed by atoms with Crippen LogP contribution in [0.1, 0.15) is 36.0 Å². The van der Waals surface area contributed by atoms with Crippen molar-refractivity contribution < 1.29 is 22.7 Å². The van der Waals surface area contributed by atoms with Crippen LogP contribution in [0.5, 0.6) is 5.88 Å². The normalized spacial score (nSPS) is 12.6. The number of carbonyl (C=O) groups excluding carboxylic acids is 1. The van der Waals surface area contributed by atoms with Crippen LogP contribution in [-0.2, 0) is 17.5 Å². The van der Waals surface area contributed by atoms with Gasteiger partial charge in [-0.3, -0.25) is 4.79 Å². The molecule has 2 aromatic rings. The van der Waals surface area contributed by atoms with E-state index in [0.29, 0.717) is 28.2 Å². The standard InChI is InChI=1S/C18H17Cl2F3N2O2/c1-3-13(10-4-5-14(19)15(20)7-10)16(26)24-8-11-6-12(18(21,22)23)9-25-17(11)27-2/h4-7,9,13H,3,8H2,1-2H3,(H,24,26). The number of halogens is 5. The first kappa shape index (κ1) is 21.3. The van der Waals surface area contributed by atoms with E-state index < -0.39 is 17.7 Å². The first-order valence-corrected chi connectivity index (χ1v) is 8.75. The Kier molecular flexibility index (Phi) is 6.95. The molecule has 1 N–H and O–H groups in total. The fourth-order valence-electron chi connectivity index (χ4n) is 2.57. The predicted octanol–water partition coefficient (Wildman–Crippen LogP) is 5.23.